The van der Waals surface area contributed by atoms with E-state index in [1.54, 1.807) is 0 Å². The van der Waals surface area contributed by atoms with E-state index in [1.165, 1.54) is 5.56 Å². The van der Waals surface area contributed by atoms with Crippen molar-refractivity contribution in [2.45, 2.75) is 32.4 Å². The van der Waals surface area contributed by atoms with E-state index < -0.39 is 6.23 Å². The molecule has 1 N–H and O–H groups in total. The predicted octanol–water partition coefficient (Wildman–Crippen LogP) is 2.69. The van der Waals surface area contributed by atoms with Crippen molar-refractivity contribution in [3.63, 3.8) is 0 Å². The topological polar surface area (TPSA) is 38.0 Å². The van der Waals surface area contributed by atoms with Gasteiger partial charge < -0.3 is 9.67 Å². The molecule has 0 amide bonds. The number of aromatic nitrogens is 2. The van der Waals surface area contributed by atoms with E-state index in [1.807, 2.05) is 22.9 Å². The summed E-state index contributed by atoms with van der Waals surface area (Å²) < 4.78 is 1.98. The Labute approximate surface area is 101 Å². The number of benzene rings is 1. The highest BCUT2D eigenvalue weighted by atomic mass is 16.3. The van der Waals surface area contributed by atoms with Gasteiger partial charge in [0.1, 0.15) is 12.1 Å². The number of aryl methyl sites for hydroxylation is 2. The Hall–Kier alpha value is -1.61. The van der Waals surface area contributed by atoms with Crippen LogP contribution < -0.4 is 0 Å². The van der Waals surface area contributed by atoms with Crippen molar-refractivity contribution in [1.29, 1.82) is 0 Å². The van der Waals surface area contributed by atoms with Crippen LogP contribution in [-0.4, -0.2) is 14.7 Å². The fourth-order valence-corrected chi connectivity index (χ4v) is 2.53. The number of rotatable bonds is 1. The number of aliphatic hydroxyl groups is 1. The summed E-state index contributed by atoms with van der Waals surface area (Å²) in [6, 6.07) is 8.17. The largest absolute Gasteiger partial charge is 0.373 e. The maximum Gasteiger partial charge on any atom is 0.142 e. The number of aliphatic hydroxyl groups excluding tert-OH is 1. The molecular weight excluding hydrogens is 212 g/mol. The van der Waals surface area contributed by atoms with Gasteiger partial charge in [0.05, 0.1) is 0 Å². The molecule has 1 aromatic heterocycles. The van der Waals surface area contributed by atoms with Gasteiger partial charge in [-0.2, -0.15) is 0 Å². The summed E-state index contributed by atoms with van der Waals surface area (Å²) in [6.45, 7) is 2.08. The molecule has 2 heterocycles. The maximum atomic E-state index is 10.1. The molecule has 3 heteroatoms. The highest BCUT2D eigenvalue weighted by Crippen LogP contribution is 2.30. The molecule has 0 spiro atoms. The number of hydrogen-bond acceptors (Lipinski definition) is 2. The van der Waals surface area contributed by atoms with Gasteiger partial charge in [0, 0.05) is 17.5 Å². The fourth-order valence-electron chi connectivity index (χ4n) is 2.53. The number of nitrogens with zero attached hydrogens (tertiary/aromatic N) is 2. The normalized spacial score (nSPS) is 19.1. The zero-order chi connectivity index (χ0) is 11.8. The Morgan fingerprint density at radius 3 is 3.00 bits per heavy atom. The van der Waals surface area contributed by atoms with Gasteiger partial charge in [0.25, 0.3) is 0 Å². The van der Waals surface area contributed by atoms with Crippen LogP contribution in [0.3, 0.4) is 0 Å². The Kier molecular flexibility index (Phi) is 2.48. The average molecular weight is 228 g/mol. The van der Waals surface area contributed by atoms with E-state index in [2.05, 4.69) is 24.0 Å². The second kappa shape index (κ2) is 4.00. The zero-order valence-corrected chi connectivity index (χ0v) is 9.93. The van der Waals surface area contributed by atoms with E-state index in [0.29, 0.717) is 0 Å². The van der Waals surface area contributed by atoms with Gasteiger partial charge in [-0.3, -0.25) is 0 Å². The third kappa shape index (κ3) is 1.67. The number of imidazole rings is 1. The Morgan fingerprint density at radius 2 is 2.18 bits per heavy atom. The van der Waals surface area contributed by atoms with E-state index in [0.717, 1.165) is 36.3 Å². The van der Waals surface area contributed by atoms with Crippen molar-refractivity contribution in [1.82, 2.24) is 9.55 Å². The van der Waals surface area contributed by atoms with Crippen LogP contribution in [0, 0.1) is 6.92 Å². The molecule has 88 valence electrons. The van der Waals surface area contributed by atoms with Gasteiger partial charge in [-0.15, -0.1) is 0 Å². The lowest BCUT2D eigenvalue weighted by atomic mass is 10.1. The van der Waals surface area contributed by atoms with Crippen molar-refractivity contribution >= 4 is 0 Å². The summed E-state index contributed by atoms with van der Waals surface area (Å²) in [4.78, 5) is 4.48. The third-order valence-electron chi connectivity index (χ3n) is 3.45. The molecule has 3 nitrogen and oxygen atoms in total. The minimum Gasteiger partial charge on any atom is -0.373 e. The Morgan fingerprint density at radius 1 is 1.35 bits per heavy atom. The van der Waals surface area contributed by atoms with Gasteiger partial charge >= 0.3 is 0 Å². The maximum absolute atomic E-state index is 10.1. The Bertz CT molecular complexity index is 545. The third-order valence-corrected chi connectivity index (χ3v) is 3.45. The summed E-state index contributed by atoms with van der Waals surface area (Å²) in [7, 11) is 0. The van der Waals surface area contributed by atoms with Crippen molar-refractivity contribution in [2.75, 3.05) is 0 Å². The van der Waals surface area contributed by atoms with Gasteiger partial charge in [-0.05, 0) is 31.7 Å². The van der Waals surface area contributed by atoms with Crippen LogP contribution in [0.4, 0.5) is 0 Å². The summed E-state index contributed by atoms with van der Waals surface area (Å²) in [5, 5.41) is 10.1. The van der Waals surface area contributed by atoms with Crippen LogP contribution in [0.2, 0.25) is 0 Å². The molecule has 0 saturated carbocycles. The molecule has 3 rings (SSSR count). The van der Waals surface area contributed by atoms with Gasteiger partial charge in [0.15, 0.2) is 0 Å². The second-order valence-corrected chi connectivity index (χ2v) is 4.63. The van der Waals surface area contributed by atoms with Gasteiger partial charge in [-0.25, -0.2) is 4.98 Å². The first-order valence-corrected chi connectivity index (χ1v) is 6.07. The van der Waals surface area contributed by atoms with Gasteiger partial charge in [-0.1, -0.05) is 24.3 Å². The first-order chi connectivity index (χ1) is 8.27. The average Bonchev–Trinajstić information content (AvgIpc) is 2.75. The van der Waals surface area contributed by atoms with Crippen LogP contribution >= 0.6 is 0 Å². The lowest BCUT2D eigenvalue weighted by Gasteiger charge is -2.23. The zero-order valence-electron chi connectivity index (χ0n) is 9.93. The number of fused-ring (bicyclic) bond motifs is 1. The van der Waals surface area contributed by atoms with E-state index in [4.69, 9.17) is 0 Å². The summed E-state index contributed by atoms with van der Waals surface area (Å²) in [5.74, 6) is 0.894. The molecule has 1 atom stereocenters. The standard InChI is InChI=1S/C14H16N2O/c1-10-5-2-3-7-12(10)14-15-9-11-6-4-8-13(17)16(11)14/h2-3,5,7,9,13,17H,4,6,8H2,1H3. The highest BCUT2D eigenvalue weighted by molar-refractivity contribution is 5.61. The lowest BCUT2D eigenvalue weighted by molar-refractivity contribution is 0.0807. The molecular formula is C14H16N2O. The van der Waals surface area contributed by atoms with E-state index >= 15 is 0 Å². The summed E-state index contributed by atoms with van der Waals surface area (Å²) in [6.07, 6.45) is 4.35. The minimum atomic E-state index is -0.421. The highest BCUT2D eigenvalue weighted by Gasteiger charge is 2.22. The SMILES string of the molecule is Cc1ccccc1-c1ncc2n1C(O)CCC2. The van der Waals surface area contributed by atoms with Crippen LogP contribution in [-0.2, 0) is 6.42 Å². The molecule has 0 fully saturated rings. The molecule has 1 aliphatic heterocycles. The lowest BCUT2D eigenvalue weighted by Crippen LogP contribution is -2.17. The molecule has 0 radical (unpaired) electrons. The molecule has 0 bridgehead atoms. The van der Waals surface area contributed by atoms with Crippen LogP contribution in [0.5, 0.6) is 0 Å². The van der Waals surface area contributed by atoms with Crippen LogP contribution in [0.1, 0.15) is 30.3 Å². The molecule has 17 heavy (non-hydrogen) atoms. The minimum absolute atomic E-state index is 0.421. The molecule has 1 unspecified atom stereocenters. The quantitative estimate of drug-likeness (QED) is 0.815. The first-order valence-electron chi connectivity index (χ1n) is 6.07. The fraction of sp³-hybridized carbons (Fsp3) is 0.357. The molecule has 1 aromatic carbocycles. The van der Waals surface area contributed by atoms with Gasteiger partial charge in [0.2, 0.25) is 0 Å². The molecule has 2 aromatic rings. The first kappa shape index (κ1) is 10.5. The Balaban J connectivity index is 2.17. The molecule has 0 saturated heterocycles. The van der Waals surface area contributed by atoms with Crippen LogP contribution in [0.15, 0.2) is 30.5 Å². The van der Waals surface area contributed by atoms with Crippen molar-refractivity contribution < 1.29 is 5.11 Å². The summed E-state index contributed by atoms with van der Waals surface area (Å²) in [5.41, 5.74) is 3.44. The molecule has 1 aliphatic rings. The summed E-state index contributed by atoms with van der Waals surface area (Å²) >= 11 is 0. The van der Waals surface area contributed by atoms with Crippen LogP contribution in [0.25, 0.3) is 11.4 Å². The predicted molar refractivity (Wildman–Crippen MR) is 66.6 cm³/mol. The van der Waals surface area contributed by atoms with E-state index in [9.17, 15) is 5.11 Å². The smallest absolute Gasteiger partial charge is 0.142 e. The van der Waals surface area contributed by atoms with Crippen molar-refractivity contribution in [3.8, 4) is 11.4 Å². The monoisotopic (exact) mass is 228 g/mol. The second-order valence-electron chi connectivity index (χ2n) is 4.63. The van der Waals surface area contributed by atoms with Crippen molar-refractivity contribution in [2.24, 2.45) is 0 Å². The van der Waals surface area contributed by atoms with E-state index in [-0.39, 0.29) is 0 Å². The number of hydrogen-bond donors (Lipinski definition) is 1. The van der Waals surface area contributed by atoms with Crippen molar-refractivity contribution in [3.05, 3.63) is 41.7 Å². The molecule has 0 aliphatic carbocycles.